The summed E-state index contributed by atoms with van der Waals surface area (Å²) in [6.07, 6.45) is 0.513. The number of nitrogens with one attached hydrogen (secondary N) is 1. The molecule has 3 rings (SSSR count). The van der Waals surface area contributed by atoms with Crippen LogP contribution in [0.4, 0.5) is 0 Å². The molecule has 0 bridgehead atoms. The van der Waals surface area contributed by atoms with Crippen LogP contribution in [0.3, 0.4) is 0 Å². The zero-order valence-electron chi connectivity index (χ0n) is 18.3. The van der Waals surface area contributed by atoms with Crippen molar-refractivity contribution in [1.82, 2.24) is 30.1 Å². The molecule has 0 aliphatic rings. The van der Waals surface area contributed by atoms with Crippen LogP contribution in [-0.4, -0.2) is 67.5 Å². The van der Waals surface area contributed by atoms with Gasteiger partial charge in [-0.1, -0.05) is 0 Å². The van der Waals surface area contributed by atoms with E-state index in [9.17, 15) is 14.7 Å². The number of H-pyrrole nitrogens is 1. The first-order chi connectivity index (χ1) is 15.5. The molecule has 0 atom stereocenters. The first kappa shape index (κ1) is 23.4. The van der Waals surface area contributed by atoms with Gasteiger partial charge in [0.05, 0.1) is 19.8 Å². The van der Waals surface area contributed by atoms with E-state index in [1.165, 1.54) is 4.68 Å². The number of aliphatic hydroxyl groups is 1. The summed E-state index contributed by atoms with van der Waals surface area (Å²) in [5.41, 5.74) is 1.10. The molecule has 2 N–H and O–H groups in total. The first-order valence-corrected chi connectivity index (χ1v) is 10.6. The van der Waals surface area contributed by atoms with Gasteiger partial charge in [-0.2, -0.15) is 0 Å². The zero-order valence-corrected chi connectivity index (χ0v) is 18.3. The molecule has 2 aromatic heterocycles. The Morgan fingerprint density at radius 3 is 2.81 bits per heavy atom. The van der Waals surface area contributed by atoms with Crippen molar-refractivity contribution in [3.05, 3.63) is 46.0 Å². The van der Waals surface area contributed by atoms with Gasteiger partial charge in [-0.15, -0.1) is 5.10 Å². The standard InChI is InChI=1S/C21H28N6O5/c1-3-31-17-6-7-18-15(11-17)10-16(21(30)22-18)12-26(8-5-9-28)13-19-23-24-25-27(19)14-20(29)32-4-2/h6-7,10-11,28H,3-5,8-9,12-14H2,1-2H3,(H,22,30). The molecule has 0 aliphatic heterocycles. The SMILES string of the molecule is CCOC(=O)Cn1nnnc1CN(CCCO)Cc1cc2cc(OCC)ccc2[nH]c1=O. The number of benzene rings is 1. The fourth-order valence-corrected chi connectivity index (χ4v) is 3.34. The number of hydrogen-bond donors (Lipinski definition) is 2. The van der Waals surface area contributed by atoms with E-state index in [-0.39, 0.29) is 25.3 Å². The summed E-state index contributed by atoms with van der Waals surface area (Å²) in [4.78, 5) is 29.3. The molecule has 0 amide bonds. The number of esters is 1. The van der Waals surface area contributed by atoms with Crippen LogP contribution in [0.5, 0.6) is 5.75 Å². The summed E-state index contributed by atoms with van der Waals surface area (Å²) >= 11 is 0. The molecule has 0 aliphatic carbocycles. The molecule has 11 heteroatoms. The highest BCUT2D eigenvalue weighted by Gasteiger charge is 2.17. The predicted molar refractivity (Wildman–Crippen MR) is 116 cm³/mol. The van der Waals surface area contributed by atoms with Crippen molar-refractivity contribution in [3.63, 3.8) is 0 Å². The quantitative estimate of drug-likeness (QED) is 0.390. The molecule has 11 nitrogen and oxygen atoms in total. The second-order valence-corrected chi connectivity index (χ2v) is 7.15. The number of ether oxygens (including phenoxy) is 2. The molecule has 2 heterocycles. The van der Waals surface area contributed by atoms with Crippen LogP contribution in [-0.2, 0) is 29.2 Å². The van der Waals surface area contributed by atoms with E-state index in [4.69, 9.17) is 9.47 Å². The summed E-state index contributed by atoms with van der Waals surface area (Å²) in [5, 5.41) is 21.7. The average molecular weight is 444 g/mol. The Kier molecular flexibility index (Phi) is 8.28. The minimum atomic E-state index is -0.431. The molecule has 0 fully saturated rings. The third-order valence-electron chi connectivity index (χ3n) is 4.79. The van der Waals surface area contributed by atoms with Crippen LogP contribution in [0.25, 0.3) is 10.9 Å². The number of carbonyl (C=O) groups is 1. The Hall–Kier alpha value is -3.31. The summed E-state index contributed by atoms with van der Waals surface area (Å²) in [6.45, 7) is 5.51. The number of hydrogen-bond acceptors (Lipinski definition) is 9. The molecule has 1 aromatic carbocycles. The number of aliphatic hydroxyl groups excluding tert-OH is 1. The van der Waals surface area contributed by atoms with Crippen molar-refractivity contribution in [3.8, 4) is 5.75 Å². The van der Waals surface area contributed by atoms with E-state index in [1.54, 1.807) is 6.92 Å². The molecule has 0 unspecified atom stereocenters. The Bertz CT molecular complexity index is 1100. The molecule has 0 saturated heterocycles. The Morgan fingerprint density at radius 2 is 2.06 bits per heavy atom. The normalized spacial score (nSPS) is 11.2. The highest BCUT2D eigenvalue weighted by molar-refractivity contribution is 5.80. The molecule has 0 spiro atoms. The third-order valence-corrected chi connectivity index (χ3v) is 4.79. The predicted octanol–water partition coefficient (Wildman–Crippen LogP) is 0.861. The summed E-state index contributed by atoms with van der Waals surface area (Å²) in [7, 11) is 0. The average Bonchev–Trinajstić information content (AvgIpc) is 3.19. The lowest BCUT2D eigenvalue weighted by Gasteiger charge is -2.21. The molecular formula is C21H28N6O5. The van der Waals surface area contributed by atoms with Crippen molar-refractivity contribution in [1.29, 1.82) is 0 Å². The van der Waals surface area contributed by atoms with E-state index >= 15 is 0 Å². The number of nitrogens with zero attached hydrogens (tertiary/aromatic N) is 5. The fourth-order valence-electron chi connectivity index (χ4n) is 3.34. The minimum Gasteiger partial charge on any atom is -0.494 e. The topological polar surface area (TPSA) is 135 Å². The van der Waals surface area contributed by atoms with Crippen LogP contribution in [0.1, 0.15) is 31.7 Å². The maximum Gasteiger partial charge on any atom is 0.327 e. The highest BCUT2D eigenvalue weighted by Crippen LogP contribution is 2.20. The van der Waals surface area contributed by atoms with Gasteiger partial charge in [-0.05, 0) is 55.0 Å². The van der Waals surface area contributed by atoms with Gasteiger partial charge in [-0.25, -0.2) is 4.68 Å². The third kappa shape index (κ3) is 6.11. The Morgan fingerprint density at radius 1 is 1.22 bits per heavy atom. The highest BCUT2D eigenvalue weighted by atomic mass is 16.5. The minimum absolute atomic E-state index is 0.00998. The Labute approximate surface area is 184 Å². The lowest BCUT2D eigenvalue weighted by Crippen LogP contribution is -2.30. The number of pyridine rings is 1. The van der Waals surface area contributed by atoms with Crippen LogP contribution < -0.4 is 10.3 Å². The molecule has 32 heavy (non-hydrogen) atoms. The number of aromatic amines is 1. The van der Waals surface area contributed by atoms with E-state index in [0.717, 1.165) is 16.7 Å². The van der Waals surface area contributed by atoms with E-state index in [2.05, 4.69) is 20.5 Å². The van der Waals surface area contributed by atoms with E-state index in [0.29, 0.717) is 44.0 Å². The maximum absolute atomic E-state index is 12.7. The summed E-state index contributed by atoms with van der Waals surface area (Å²) in [5.74, 6) is 0.763. The van der Waals surface area contributed by atoms with Crippen LogP contribution in [0.15, 0.2) is 29.1 Å². The van der Waals surface area contributed by atoms with Crippen molar-refractivity contribution >= 4 is 16.9 Å². The molecule has 0 saturated carbocycles. The first-order valence-electron chi connectivity index (χ1n) is 10.6. The molecule has 0 radical (unpaired) electrons. The van der Waals surface area contributed by atoms with Crippen molar-refractivity contribution in [2.45, 2.75) is 39.9 Å². The number of fused-ring (bicyclic) bond motifs is 1. The zero-order chi connectivity index (χ0) is 22.9. The second-order valence-electron chi connectivity index (χ2n) is 7.15. The van der Waals surface area contributed by atoms with Crippen LogP contribution >= 0.6 is 0 Å². The lowest BCUT2D eigenvalue weighted by atomic mass is 10.1. The summed E-state index contributed by atoms with van der Waals surface area (Å²) in [6, 6.07) is 7.36. The maximum atomic E-state index is 12.7. The van der Waals surface area contributed by atoms with Gasteiger partial charge in [-0.3, -0.25) is 14.5 Å². The number of tetrazole rings is 1. The van der Waals surface area contributed by atoms with Crippen molar-refractivity contribution in [2.75, 3.05) is 26.4 Å². The van der Waals surface area contributed by atoms with Crippen molar-refractivity contribution in [2.24, 2.45) is 0 Å². The van der Waals surface area contributed by atoms with Crippen LogP contribution in [0, 0.1) is 0 Å². The molecule has 172 valence electrons. The van der Waals surface area contributed by atoms with E-state index < -0.39 is 5.97 Å². The molecule has 3 aromatic rings. The number of rotatable bonds is 12. The Balaban J connectivity index is 1.82. The second kappa shape index (κ2) is 11.3. The van der Waals surface area contributed by atoms with Crippen LogP contribution in [0.2, 0.25) is 0 Å². The van der Waals surface area contributed by atoms with Gasteiger partial charge in [0.25, 0.3) is 5.56 Å². The number of carbonyl (C=O) groups excluding carboxylic acids is 1. The lowest BCUT2D eigenvalue weighted by molar-refractivity contribution is -0.144. The number of aromatic nitrogens is 5. The summed E-state index contributed by atoms with van der Waals surface area (Å²) < 4.78 is 11.9. The largest absolute Gasteiger partial charge is 0.494 e. The fraction of sp³-hybridized carbons (Fsp3) is 0.476. The smallest absolute Gasteiger partial charge is 0.327 e. The monoisotopic (exact) mass is 444 g/mol. The van der Waals surface area contributed by atoms with Gasteiger partial charge in [0.1, 0.15) is 12.3 Å². The van der Waals surface area contributed by atoms with Gasteiger partial charge >= 0.3 is 5.97 Å². The van der Waals surface area contributed by atoms with E-state index in [1.807, 2.05) is 36.1 Å². The van der Waals surface area contributed by atoms with Gasteiger partial charge in [0.15, 0.2) is 5.82 Å². The van der Waals surface area contributed by atoms with Gasteiger partial charge in [0, 0.05) is 36.2 Å². The van der Waals surface area contributed by atoms with Crippen molar-refractivity contribution < 1.29 is 19.4 Å². The molecular weight excluding hydrogens is 416 g/mol. The van der Waals surface area contributed by atoms with Gasteiger partial charge in [0.2, 0.25) is 0 Å². The van der Waals surface area contributed by atoms with Gasteiger partial charge < -0.3 is 19.6 Å².